The molecular weight excluding hydrogens is 444 g/mol. The van der Waals surface area contributed by atoms with E-state index in [0.717, 1.165) is 29.3 Å². The number of rotatable bonds is 6. The van der Waals surface area contributed by atoms with E-state index in [1.54, 1.807) is 6.07 Å². The van der Waals surface area contributed by atoms with Crippen LogP contribution in [0.2, 0.25) is 0 Å². The Kier molecular flexibility index (Phi) is 6.75. The van der Waals surface area contributed by atoms with Crippen molar-refractivity contribution in [2.45, 2.75) is 30.7 Å². The molecule has 174 valence electrons. The summed E-state index contributed by atoms with van der Waals surface area (Å²) in [5, 5.41) is 5.39. The van der Waals surface area contributed by atoms with Crippen molar-refractivity contribution in [3.63, 3.8) is 0 Å². The predicted molar refractivity (Wildman–Crippen MR) is 122 cm³/mol. The maximum absolute atomic E-state index is 12.9. The highest BCUT2D eigenvalue weighted by Gasteiger charge is 2.29. The second-order valence-electron chi connectivity index (χ2n) is 8.14. The van der Waals surface area contributed by atoms with Crippen molar-refractivity contribution in [2.24, 2.45) is 0 Å². The Hall–Kier alpha value is -3.24. The van der Waals surface area contributed by atoms with Crippen LogP contribution in [0.1, 0.15) is 35.2 Å². The summed E-state index contributed by atoms with van der Waals surface area (Å²) in [4.78, 5) is 38.3. The zero-order valence-corrected chi connectivity index (χ0v) is 18.9. The van der Waals surface area contributed by atoms with Crippen LogP contribution in [-0.2, 0) is 26.2 Å². The van der Waals surface area contributed by atoms with E-state index in [0.29, 0.717) is 18.7 Å². The molecule has 9 nitrogen and oxygen atoms in total. The van der Waals surface area contributed by atoms with Gasteiger partial charge in [0.1, 0.15) is 0 Å². The lowest BCUT2D eigenvalue weighted by atomic mass is 10.1. The minimum atomic E-state index is -3.90. The molecule has 2 aliphatic heterocycles. The molecule has 3 amide bonds. The topological polar surface area (TPSA) is 116 Å². The second kappa shape index (κ2) is 9.72. The highest BCUT2D eigenvalue weighted by molar-refractivity contribution is 7.89. The predicted octanol–water partition coefficient (Wildman–Crippen LogP) is 1.57. The number of piperazine rings is 1. The molecule has 10 heteroatoms. The highest BCUT2D eigenvalue weighted by Crippen LogP contribution is 2.20. The molecule has 2 aliphatic rings. The number of carbonyl (C=O) groups is 3. The SMILES string of the molecule is O=C1CN(S(=O)(=O)c2cccc(C(=O)Nc3cccc(CN4CCCCC4=O)c3)c2)CCN1. The molecule has 0 atom stereocenters. The average molecular weight is 471 g/mol. The first-order valence-electron chi connectivity index (χ1n) is 10.9. The van der Waals surface area contributed by atoms with Gasteiger partial charge in [-0.25, -0.2) is 8.42 Å². The number of amides is 3. The fourth-order valence-corrected chi connectivity index (χ4v) is 5.41. The molecule has 33 heavy (non-hydrogen) atoms. The molecule has 0 unspecified atom stereocenters. The van der Waals surface area contributed by atoms with Crippen LogP contribution in [0.5, 0.6) is 0 Å². The van der Waals surface area contributed by atoms with Crippen molar-refractivity contribution in [2.75, 3.05) is 31.5 Å². The summed E-state index contributed by atoms with van der Waals surface area (Å²) in [6.45, 7) is 1.40. The van der Waals surface area contributed by atoms with E-state index in [9.17, 15) is 22.8 Å². The summed E-state index contributed by atoms with van der Waals surface area (Å²) >= 11 is 0. The fraction of sp³-hybridized carbons (Fsp3) is 0.348. The van der Waals surface area contributed by atoms with Crippen molar-refractivity contribution < 1.29 is 22.8 Å². The van der Waals surface area contributed by atoms with E-state index in [-0.39, 0.29) is 41.9 Å². The van der Waals surface area contributed by atoms with Gasteiger partial charge >= 0.3 is 0 Å². The van der Waals surface area contributed by atoms with Gasteiger partial charge in [0.25, 0.3) is 5.91 Å². The zero-order chi connectivity index (χ0) is 23.4. The third kappa shape index (κ3) is 5.40. The number of sulfonamides is 1. The first-order valence-corrected chi connectivity index (χ1v) is 12.3. The monoisotopic (exact) mass is 470 g/mol. The molecule has 2 saturated heterocycles. The number of nitrogens with one attached hydrogen (secondary N) is 2. The first kappa shape index (κ1) is 22.9. The van der Waals surface area contributed by atoms with Crippen LogP contribution in [0, 0.1) is 0 Å². The van der Waals surface area contributed by atoms with Crippen LogP contribution in [0.25, 0.3) is 0 Å². The summed E-state index contributed by atoms with van der Waals surface area (Å²) in [5.41, 5.74) is 1.65. The van der Waals surface area contributed by atoms with E-state index >= 15 is 0 Å². The molecule has 0 saturated carbocycles. The van der Waals surface area contributed by atoms with Crippen LogP contribution in [0.3, 0.4) is 0 Å². The van der Waals surface area contributed by atoms with Gasteiger partial charge in [0.05, 0.1) is 11.4 Å². The van der Waals surface area contributed by atoms with Gasteiger partial charge in [-0.05, 0) is 48.7 Å². The van der Waals surface area contributed by atoms with E-state index in [1.807, 2.05) is 23.1 Å². The minimum absolute atomic E-state index is 0.0396. The number of hydrogen-bond acceptors (Lipinski definition) is 5. The summed E-state index contributed by atoms with van der Waals surface area (Å²) in [7, 11) is -3.90. The molecule has 0 spiro atoms. The lowest BCUT2D eigenvalue weighted by Crippen LogP contribution is -2.49. The van der Waals surface area contributed by atoms with Crippen LogP contribution < -0.4 is 10.6 Å². The van der Waals surface area contributed by atoms with Gasteiger partial charge in [0.2, 0.25) is 21.8 Å². The first-order chi connectivity index (χ1) is 15.8. The fourth-order valence-electron chi connectivity index (χ4n) is 3.97. The largest absolute Gasteiger partial charge is 0.354 e. The van der Waals surface area contributed by atoms with Crippen molar-refractivity contribution in [1.82, 2.24) is 14.5 Å². The smallest absolute Gasteiger partial charge is 0.255 e. The molecule has 2 aromatic rings. The van der Waals surface area contributed by atoms with Gasteiger partial charge in [0.15, 0.2) is 0 Å². The van der Waals surface area contributed by atoms with Gasteiger partial charge in [-0.3, -0.25) is 14.4 Å². The van der Waals surface area contributed by atoms with Gasteiger partial charge in [-0.1, -0.05) is 18.2 Å². The van der Waals surface area contributed by atoms with Gasteiger partial charge in [-0.15, -0.1) is 0 Å². The normalized spacial score (nSPS) is 17.5. The maximum Gasteiger partial charge on any atom is 0.255 e. The second-order valence-corrected chi connectivity index (χ2v) is 10.1. The van der Waals surface area contributed by atoms with E-state index in [2.05, 4.69) is 10.6 Å². The lowest BCUT2D eigenvalue weighted by molar-refractivity contribution is -0.133. The molecule has 2 aromatic carbocycles. The third-order valence-electron chi connectivity index (χ3n) is 5.72. The standard InChI is InChI=1S/C23H26N4O5S/c28-21-16-27(12-10-24-21)33(31,32)20-8-4-6-18(14-20)23(30)25-19-7-3-5-17(13-19)15-26-11-2-1-9-22(26)29/h3-8,13-14H,1-2,9-12,15-16H2,(H,24,28)(H,25,30). The molecule has 0 aromatic heterocycles. The Bertz CT molecular complexity index is 1180. The number of piperidine rings is 1. The number of likely N-dealkylation sites (tertiary alicyclic amines) is 1. The van der Waals surface area contributed by atoms with Gasteiger partial charge in [-0.2, -0.15) is 4.31 Å². The van der Waals surface area contributed by atoms with Crippen molar-refractivity contribution >= 4 is 33.4 Å². The number of carbonyl (C=O) groups excluding carboxylic acids is 3. The Morgan fingerprint density at radius 3 is 2.64 bits per heavy atom. The number of hydrogen-bond donors (Lipinski definition) is 2. The van der Waals surface area contributed by atoms with E-state index in [1.165, 1.54) is 24.3 Å². The van der Waals surface area contributed by atoms with Crippen LogP contribution in [-0.4, -0.2) is 61.5 Å². The van der Waals surface area contributed by atoms with Crippen molar-refractivity contribution in [3.05, 3.63) is 59.7 Å². The van der Waals surface area contributed by atoms with Crippen LogP contribution >= 0.6 is 0 Å². The number of benzene rings is 2. The molecule has 4 rings (SSSR count). The lowest BCUT2D eigenvalue weighted by Gasteiger charge is -2.27. The molecule has 2 heterocycles. The van der Waals surface area contributed by atoms with Crippen molar-refractivity contribution in [1.29, 1.82) is 0 Å². The quantitative estimate of drug-likeness (QED) is 0.665. The number of nitrogens with zero attached hydrogens (tertiary/aromatic N) is 2. The Morgan fingerprint density at radius 2 is 1.85 bits per heavy atom. The average Bonchev–Trinajstić information content (AvgIpc) is 2.81. The van der Waals surface area contributed by atoms with E-state index < -0.39 is 15.9 Å². The van der Waals surface area contributed by atoms with Crippen molar-refractivity contribution in [3.8, 4) is 0 Å². The molecule has 2 fully saturated rings. The Balaban J connectivity index is 1.47. The maximum atomic E-state index is 12.9. The van der Waals surface area contributed by atoms with Crippen LogP contribution in [0.15, 0.2) is 53.4 Å². The molecule has 0 aliphatic carbocycles. The summed E-state index contributed by atoms with van der Waals surface area (Å²) in [6, 6.07) is 13.0. The molecule has 0 bridgehead atoms. The highest BCUT2D eigenvalue weighted by atomic mass is 32.2. The minimum Gasteiger partial charge on any atom is -0.354 e. The number of anilines is 1. The Morgan fingerprint density at radius 1 is 1.03 bits per heavy atom. The molecule has 0 radical (unpaired) electrons. The third-order valence-corrected chi connectivity index (χ3v) is 7.56. The molecular formula is C23H26N4O5S. The Labute approximate surface area is 192 Å². The van der Waals surface area contributed by atoms with Crippen LogP contribution in [0.4, 0.5) is 5.69 Å². The molecule has 2 N–H and O–H groups in total. The van der Waals surface area contributed by atoms with Gasteiger partial charge in [0, 0.05) is 43.9 Å². The van der Waals surface area contributed by atoms with Gasteiger partial charge < -0.3 is 15.5 Å². The summed E-state index contributed by atoms with van der Waals surface area (Å²) in [5.74, 6) is -0.667. The zero-order valence-electron chi connectivity index (χ0n) is 18.1. The van der Waals surface area contributed by atoms with E-state index in [4.69, 9.17) is 0 Å². The summed E-state index contributed by atoms with van der Waals surface area (Å²) in [6.07, 6.45) is 2.48. The summed E-state index contributed by atoms with van der Waals surface area (Å²) < 4.78 is 26.9.